The van der Waals surface area contributed by atoms with Crippen LogP contribution >= 0.6 is 11.8 Å². The zero-order chi connectivity index (χ0) is 24.8. The van der Waals surface area contributed by atoms with E-state index in [0.29, 0.717) is 39.7 Å². The number of thioether (sulfide) groups is 1. The maximum atomic E-state index is 14.9. The van der Waals surface area contributed by atoms with Gasteiger partial charge >= 0.3 is 0 Å². The first-order chi connectivity index (χ1) is 16.3. The summed E-state index contributed by atoms with van der Waals surface area (Å²) in [6.07, 6.45) is 0. The van der Waals surface area contributed by atoms with Crippen LogP contribution in [0, 0.1) is 11.7 Å². The molecule has 2 aromatic carbocycles. The number of nitrogens with one attached hydrogen (secondary N) is 1. The third-order valence-electron chi connectivity index (χ3n) is 5.37. The molecule has 0 aliphatic carbocycles. The quantitative estimate of drug-likeness (QED) is 0.425. The Morgan fingerprint density at radius 3 is 2.26 bits per heavy atom. The zero-order valence-corrected chi connectivity index (χ0v) is 20.9. The van der Waals surface area contributed by atoms with Crippen LogP contribution in [0.5, 0.6) is 17.2 Å². The molecule has 34 heavy (non-hydrogen) atoms. The molecule has 0 saturated heterocycles. The van der Waals surface area contributed by atoms with E-state index in [1.807, 2.05) is 20.8 Å². The summed E-state index contributed by atoms with van der Waals surface area (Å²) < 4.78 is 32.8. The van der Waals surface area contributed by atoms with Crippen molar-refractivity contribution in [2.75, 3.05) is 27.1 Å². The number of carbonyl (C=O) groups excluding carboxylic acids is 1. The molecule has 3 aromatic rings. The van der Waals surface area contributed by atoms with Crippen molar-refractivity contribution in [1.82, 2.24) is 20.1 Å². The second-order valence-corrected chi connectivity index (χ2v) is 8.84. The fourth-order valence-corrected chi connectivity index (χ4v) is 3.96. The third-order valence-corrected chi connectivity index (χ3v) is 6.30. The molecule has 1 heterocycles. The van der Waals surface area contributed by atoms with E-state index in [0.717, 1.165) is 0 Å². The molecule has 0 aliphatic rings. The largest absolute Gasteiger partial charge is 0.493 e. The zero-order valence-electron chi connectivity index (χ0n) is 20.1. The Balaban J connectivity index is 2.06. The van der Waals surface area contributed by atoms with Crippen molar-refractivity contribution < 1.29 is 23.4 Å². The Hall–Kier alpha value is -3.27. The van der Waals surface area contributed by atoms with E-state index < -0.39 is 5.82 Å². The molecule has 0 fully saturated rings. The molecular formula is C24H29FN4O4S. The fraction of sp³-hybridized carbons (Fsp3) is 0.375. The Kier molecular flexibility index (Phi) is 8.38. The van der Waals surface area contributed by atoms with Gasteiger partial charge in [0.1, 0.15) is 5.82 Å². The lowest BCUT2D eigenvalue weighted by Crippen LogP contribution is -2.37. The summed E-state index contributed by atoms with van der Waals surface area (Å²) in [5.41, 5.74) is 0.838. The second kappa shape index (κ2) is 11.2. The molecule has 1 amide bonds. The van der Waals surface area contributed by atoms with Crippen molar-refractivity contribution in [3.63, 3.8) is 0 Å². The van der Waals surface area contributed by atoms with Crippen molar-refractivity contribution >= 4 is 17.7 Å². The van der Waals surface area contributed by atoms with Crippen LogP contribution in [0.15, 0.2) is 41.6 Å². The summed E-state index contributed by atoms with van der Waals surface area (Å²) in [4.78, 5) is 12.4. The van der Waals surface area contributed by atoms with Crippen LogP contribution in [0.1, 0.15) is 20.8 Å². The molecule has 8 nitrogen and oxygen atoms in total. The van der Waals surface area contributed by atoms with E-state index in [9.17, 15) is 9.18 Å². The predicted octanol–water partition coefficient (Wildman–Crippen LogP) is 4.35. The summed E-state index contributed by atoms with van der Waals surface area (Å²) in [6, 6.07) is 9.79. The molecule has 0 radical (unpaired) electrons. The van der Waals surface area contributed by atoms with Crippen LogP contribution in [-0.2, 0) is 4.79 Å². The minimum Gasteiger partial charge on any atom is -0.493 e. The normalized spacial score (nSPS) is 11.9. The number of benzene rings is 2. The fourth-order valence-electron chi connectivity index (χ4n) is 3.20. The number of nitrogens with zero attached hydrogens (tertiary/aromatic N) is 3. The molecule has 182 valence electrons. The van der Waals surface area contributed by atoms with E-state index in [1.54, 1.807) is 34.9 Å². The van der Waals surface area contributed by atoms with Crippen LogP contribution in [-0.4, -0.2) is 53.8 Å². The monoisotopic (exact) mass is 488 g/mol. The van der Waals surface area contributed by atoms with E-state index in [4.69, 9.17) is 14.2 Å². The molecule has 1 atom stereocenters. The maximum absolute atomic E-state index is 14.9. The van der Waals surface area contributed by atoms with Gasteiger partial charge in [0.25, 0.3) is 0 Å². The minimum absolute atomic E-state index is 0.0346. The van der Waals surface area contributed by atoms with E-state index in [-0.39, 0.29) is 23.4 Å². The summed E-state index contributed by atoms with van der Waals surface area (Å²) in [5.74, 6) is 1.48. The van der Waals surface area contributed by atoms with Gasteiger partial charge in [0.05, 0.1) is 32.8 Å². The van der Waals surface area contributed by atoms with Gasteiger partial charge in [0.15, 0.2) is 22.5 Å². The Bertz CT molecular complexity index is 1130. The van der Waals surface area contributed by atoms with Gasteiger partial charge in [-0.05, 0) is 37.1 Å². The van der Waals surface area contributed by atoms with Crippen LogP contribution in [0.4, 0.5) is 4.39 Å². The number of ether oxygens (including phenoxy) is 3. The second-order valence-electron chi connectivity index (χ2n) is 7.90. The van der Waals surface area contributed by atoms with Gasteiger partial charge in [-0.2, -0.15) is 0 Å². The van der Waals surface area contributed by atoms with Gasteiger partial charge in [-0.25, -0.2) is 4.39 Å². The number of amides is 1. The van der Waals surface area contributed by atoms with Crippen LogP contribution in [0.25, 0.3) is 17.1 Å². The SMILES string of the molecule is COc1cc(-c2nnc(SCC(=O)NC(C)C(C)C)n2-c2ccccc2F)cc(OC)c1OC. The average molecular weight is 489 g/mol. The van der Waals surface area contributed by atoms with Crippen molar-refractivity contribution in [2.45, 2.75) is 32.0 Å². The minimum atomic E-state index is -0.448. The summed E-state index contributed by atoms with van der Waals surface area (Å²) in [6.45, 7) is 6.03. The van der Waals surface area contributed by atoms with Crippen molar-refractivity contribution in [3.8, 4) is 34.3 Å². The average Bonchev–Trinajstić information content (AvgIpc) is 3.25. The molecule has 1 aromatic heterocycles. The molecule has 3 rings (SSSR count). The molecule has 1 N–H and O–H groups in total. The lowest BCUT2D eigenvalue weighted by atomic mass is 10.1. The summed E-state index contributed by atoms with van der Waals surface area (Å²) in [7, 11) is 4.54. The Morgan fingerprint density at radius 1 is 1.06 bits per heavy atom. The van der Waals surface area contributed by atoms with Crippen LogP contribution in [0.3, 0.4) is 0 Å². The molecule has 0 spiro atoms. The third kappa shape index (κ3) is 5.44. The van der Waals surface area contributed by atoms with Gasteiger partial charge in [0.2, 0.25) is 11.7 Å². The highest BCUT2D eigenvalue weighted by molar-refractivity contribution is 7.99. The first-order valence-corrected chi connectivity index (χ1v) is 11.7. The number of methoxy groups -OCH3 is 3. The number of rotatable bonds is 10. The number of hydrogen-bond acceptors (Lipinski definition) is 7. The molecular weight excluding hydrogens is 459 g/mol. The number of hydrogen-bond donors (Lipinski definition) is 1. The summed E-state index contributed by atoms with van der Waals surface area (Å²) >= 11 is 1.18. The number of aromatic nitrogens is 3. The predicted molar refractivity (Wildman–Crippen MR) is 130 cm³/mol. The highest BCUT2D eigenvalue weighted by atomic mass is 32.2. The van der Waals surface area contributed by atoms with Crippen LogP contribution in [0.2, 0.25) is 0 Å². The number of carbonyl (C=O) groups is 1. The highest BCUT2D eigenvalue weighted by Crippen LogP contribution is 2.41. The van der Waals surface area contributed by atoms with Crippen molar-refractivity contribution in [2.24, 2.45) is 5.92 Å². The van der Waals surface area contributed by atoms with E-state index in [2.05, 4.69) is 15.5 Å². The summed E-state index contributed by atoms with van der Waals surface area (Å²) in [5, 5.41) is 11.9. The van der Waals surface area contributed by atoms with Crippen molar-refractivity contribution in [1.29, 1.82) is 0 Å². The first-order valence-electron chi connectivity index (χ1n) is 10.7. The van der Waals surface area contributed by atoms with Gasteiger partial charge in [-0.1, -0.05) is 37.7 Å². The Labute approximate surface area is 202 Å². The van der Waals surface area contributed by atoms with Crippen LogP contribution < -0.4 is 19.5 Å². The van der Waals surface area contributed by atoms with Crippen molar-refractivity contribution in [3.05, 3.63) is 42.2 Å². The molecule has 0 aliphatic heterocycles. The lowest BCUT2D eigenvalue weighted by molar-refractivity contribution is -0.119. The molecule has 0 saturated carbocycles. The molecule has 1 unspecified atom stereocenters. The smallest absolute Gasteiger partial charge is 0.230 e. The lowest BCUT2D eigenvalue weighted by Gasteiger charge is -2.17. The van der Waals surface area contributed by atoms with E-state index in [1.165, 1.54) is 39.2 Å². The maximum Gasteiger partial charge on any atom is 0.230 e. The van der Waals surface area contributed by atoms with Gasteiger partial charge in [-0.3, -0.25) is 9.36 Å². The van der Waals surface area contributed by atoms with Gasteiger partial charge < -0.3 is 19.5 Å². The standard InChI is InChI=1S/C24H29FN4O4S/c1-14(2)15(3)26-21(30)13-34-24-28-27-23(29(24)18-10-8-7-9-17(18)25)16-11-19(31-4)22(33-6)20(12-16)32-5/h7-12,14-15H,13H2,1-6H3,(H,26,30). The van der Waals surface area contributed by atoms with Gasteiger partial charge in [-0.15, -0.1) is 10.2 Å². The van der Waals surface area contributed by atoms with E-state index >= 15 is 0 Å². The molecule has 10 heteroatoms. The number of halogens is 1. The number of para-hydroxylation sites is 1. The van der Waals surface area contributed by atoms with Gasteiger partial charge in [0, 0.05) is 11.6 Å². The first kappa shape index (κ1) is 25.4. The molecule has 0 bridgehead atoms. The topological polar surface area (TPSA) is 87.5 Å². The highest BCUT2D eigenvalue weighted by Gasteiger charge is 2.23. The Morgan fingerprint density at radius 2 is 1.71 bits per heavy atom.